The summed E-state index contributed by atoms with van der Waals surface area (Å²) in [6.07, 6.45) is 2.45. The van der Waals surface area contributed by atoms with E-state index in [0.717, 1.165) is 6.42 Å². The molecule has 0 amide bonds. The summed E-state index contributed by atoms with van der Waals surface area (Å²) in [5.74, 6) is -0.847. The molecule has 0 aromatic carbocycles. The van der Waals surface area contributed by atoms with Crippen LogP contribution in [0.25, 0.3) is 0 Å². The number of carbonyl (C=O) groups is 1. The SMILES string of the molecule is CC[C@@H]1C[C@H](C(=O)O)CCO1. The van der Waals surface area contributed by atoms with Gasteiger partial charge in [0.25, 0.3) is 0 Å². The van der Waals surface area contributed by atoms with Gasteiger partial charge in [-0.25, -0.2) is 0 Å². The maximum absolute atomic E-state index is 10.6. The smallest absolute Gasteiger partial charge is 0.306 e. The molecular weight excluding hydrogens is 144 g/mol. The summed E-state index contributed by atoms with van der Waals surface area (Å²) < 4.78 is 5.34. The zero-order chi connectivity index (χ0) is 8.27. The lowest BCUT2D eigenvalue weighted by molar-refractivity contribution is -0.147. The summed E-state index contributed by atoms with van der Waals surface area (Å²) in [6, 6.07) is 0. The number of rotatable bonds is 2. The molecule has 1 aliphatic heterocycles. The van der Waals surface area contributed by atoms with E-state index in [2.05, 4.69) is 0 Å². The second-order valence-electron chi connectivity index (χ2n) is 2.96. The molecule has 1 heterocycles. The second kappa shape index (κ2) is 3.72. The first-order chi connectivity index (χ1) is 5.24. The normalized spacial score (nSPS) is 31.7. The Morgan fingerprint density at radius 1 is 1.73 bits per heavy atom. The van der Waals surface area contributed by atoms with Gasteiger partial charge in [0.15, 0.2) is 0 Å². The average Bonchev–Trinajstić information content (AvgIpc) is 2.05. The third kappa shape index (κ3) is 2.19. The molecule has 1 rings (SSSR count). The van der Waals surface area contributed by atoms with Gasteiger partial charge in [0.2, 0.25) is 0 Å². The predicted molar refractivity (Wildman–Crippen MR) is 40.4 cm³/mol. The van der Waals surface area contributed by atoms with Crippen LogP contribution in [0.4, 0.5) is 0 Å². The van der Waals surface area contributed by atoms with Gasteiger partial charge in [0.1, 0.15) is 0 Å². The van der Waals surface area contributed by atoms with Crippen molar-refractivity contribution in [3.8, 4) is 0 Å². The standard InChI is InChI=1S/C8H14O3/c1-2-7-5-6(8(9)10)3-4-11-7/h6-7H,2-5H2,1H3,(H,9,10)/t6-,7-/m1/s1. The number of hydrogen-bond donors (Lipinski definition) is 1. The highest BCUT2D eigenvalue weighted by Gasteiger charge is 2.26. The molecule has 1 saturated heterocycles. The van der Waals surface area contributed by atoms with E-state index in [0.29, 0.717) is 19.4 Å². The van der Waals surface area contributed by atoms with Crippen LogP contribution in [0.3, 0.4) is 0 Å². The van der Waals surface area contributed by atoms with E-state index >= 15 is 0 Å². The highest BCUT2D eigenvalue weighted by Crippen LogP contribution is 2.21. The summed E-state index contributed by atoms with van der Waals surface area (Å²) in [5, 5.41) is 8.70. The van der Waals surface area contributed by atoms with Gasteiger partial charge in [-0.05, 0) is 19.3 Å². The molecule has 0 aromatic rings. The first kappa shape index (κ1) is 8.53. The van der Waals surface area contributed by atoms with Crippen LogP contribution >= 0.6 is 0 Å². The van der Waals surface area contributed by atoms with Crippen molar-refractivity contribution in [2.45, 2.75) is 32.3 Å². The van der Waals surface area contributed by atoms with Gasteiger partial charge in [-0.2, -0.15) is 0 Å². The lowest BCUT2D eigenvalue weighted by atomic mass is 9.95. The van der Waals surface area contributed by atoms with Crippen molar-refractivity contribution < 1.29 is 14.6 Å². The Morgan fingerprint density at radius 3 is 3.00 bits per heavy atom. The molecule has 0 saturated carbocycles. The highest BCUT2D eigenvalue weighted by molar-refractivity contribution is 5.70. The molecule has 11 heavy (non-hydrogen) atoms. The molecule has 64 valence electrons. The fourth-order valence-electron chi connectivity index (χ4n) is 1.39. The maximum atomic E-state index is 10.6. The van der Waals surface area contributed by atoms with Gasteiger partial charge < -0.3 is 9.84 Å². The molecular formula is C8H14O3. The van der Waals surface area contributed by atoms with Crippen molar-refractivity contribution in [2.24, 2.45) is 5.92 Å². The van der Waals surface area contributed by atoms with E-state index in [1.807, 2.05) is 6.92 Å². The van der Waals surface area contributed by atoms with Crippen molar-refractivity contribution in [3.05, 3.63) is 0 Å². The van der Waals surface area contributed by atoms with Gasteiger partial charge in [0.05, 0.1) is 12.0 Å². The zero-order valence-electron chi connectivity index (χ0n) is 6.75. The van der Waals surface area contributed by atoms with Crippen LogP contribution in [0.2, 0.25) is 0 Å². The minimum Gasteiger partial charge on any atom is -0.481 e. The number of carboxylic acids is 1. The largest absolute Gasteiger partial charge is 0.481 e. The Morgan fingerprint density at radius 2 is 2.45 bits per heavy atom. The quantitative estimate of drug-likeness (QED) is 0.658. The molecule has 3 nitrogen and oxygen atoms in total. The van der Waals surface area contributed by atoms with Crippen LogP contribution < -0.4 is 0 Å². The van der Waals surface area contributed by atoms with E-state index in [-0.39, 0.29) is 12.0 Å². The van der Waals surface area contributed by atoms with Crippen LogP contribution in [-0.2, 0) is 9.53 Å². The number of hydrogen-bond acceptors (Lipinski definition) is 2. The van der Waals surface area contributed by atoms with Gasteiger partial charge in [0, 0.05) is 6.61 Å². The van der Waals surface area contributed by atoms with Crippen molar-refractivity contribution >= 4 is 5.97 Å². The van der Waals surface area contributed by atoms with Crippen LogP contribution in [0.15, 0.2) is 0 Å². The van der Waals surface area contributed by atoms with Crippen molar-refractivity contribution in [1.82, 2.24) is 0 Å². The summed E-state index contributed by atoms with van der Waals surface area (Å²) in [4.78, 5) is 10.6. The van der Waals surface area contributed by atoms with E-state index in [9.17, 15) is 4.79 Å². The van der Waals surface area contributed by atoms with Crippen LogP contribution in [-0.4, -0.2) is 23.8 Å². The molecule has 2 atom stereocenters. The predicted octanol–water partition coefficient (Wildman–Crippen LogP) is 1.28. The van der Waals surface area contributed by atoms with Gasteiger partial charge >= 0.3 is 5.97 Å². The van der Waals surface area contributed by atoms with Crippen LogP contribution in [0.1, 0.15) is 26.2 Å². The molecule has 1 fully saturated rings. The second-order valence-corrected chi connectivity index (χ2v) is 2.96. The van der Waals surface area contributed by atoms with E-state index in [1.165, 1.54) is 0 Å². The Balaban J connectivity index is 2.39. The third-order valence-electron chi connectivity index (χ3n) is 2.17. The molecule has 0 radical (unpaired) electrons. The molecule has 1 N–H and O–H groups in total. The minimum atomic E-state index is -0.674. The molecule has 0 aliphatic carbocycles. The van der Waals surface area contributed by atoms with Crippen molar-refractivity contribution in [2.75, 3.05) is 6.61 Å². The average molecular weight is 158 g/mol. The lowest BCUT2D eigenvalue weighted by Gasteiger charge is -2.25. The first-order valence-corrected chi connectivity index (χ1v) is 4.08. The monoisotopic (exact) mass is 158 g/mol. The Kier molecular flexibility index (Phi) is 2.88. The lowest BCUT2D eigenvalue weighted by Crippen LogP contribution is -2.29. The fraction of sp³-hybridized carbons (Fsp3) is 0.875. The van der Waals surface area contributed by atoms with E-state index < -0.39 is 5.97 Å². The van der Waals surface area contributed by atoms with Gasteiger partial charge in [-0.15, -0.1) is 0 Å². The van der Waals surface area contributed by atoms with E-state index in [4.69, 9.17) is 9.84 Å². The molecule has 1 aliphatic rings. The third-order valence-corrected chi connectivity index (χ3v) is 2.17. The molecule has 0 bridgehead atoms. The number of aliphatic carboxylic acids is 1. The molecule has 0 unspecified atom stereocenters. The first-order valence-electron chi connectivity index (χ1n) is 4.08. The molecule has 0 aromatic heterocycles. The summed E-state index contributed by atoms with van der Waals surface area (Å²) >= 11 is 0. The Bertz CT molecular complexity index is 144. The summed E-state index contributed by atoms with van der Waals surface area (Å²) in [6.45, 7) is 2.63. The number of carboxylic acid groups (broad SMARTS) is 1. The summed E-state index contributed by atoms with van der Waals surface area (Å²) in [5.41, 5.74) is 0. The van der Waals surface area contributed by atoms with Crippen LogP contribution in [0, 0.1) is 5.92 Å². The minimum absolute atomic E-state index is 0.171. The Hall–Kier alpha value is -0.570. The van der Waals surface area contributed by atoms with Gasteiger partial charge in [-0.1, -0.05) is 6.92 Å². The number of ether oxygens (including phenoxy) is 1. The summed E-state index contributed by atoms with van der Waals surface area (Å²) in [7, 11) is 0. The van der Waals surface area contributed by atoms with E-state index in [1.54, 1.807) is 0 Å². The zero-order valence-corrected chi connectivity index (χ0v) is 6.75. The fourth-order valence-corrected chi connectivity index (χ4v) is 1.39. The van der Waals surface area contributed by atoms with Crippen LogP contribution in [0.5, 0.6) is 0 Å². The Labute approximate surface area is 66.4 Å². The van der Waals surface area contributed by atoms with Crippen molar-refractivity contribution in [3.63, 3.8) is 0 Å². The maximum Gasteiger partial charge on any atom is 0.306 e. The van der Waals surface area contributed by atoms with Gasteiger partial charge in [-0.3, -0.25) is 4.79 Å². The topological polar surface area (TPSA) is 46.5 Å². The van der Waals surface area contributed by atoms with Crippen molar-refractivity contribution in [1.29, 1.82) is 0 Å². The molecule has 3 heteroatoms. The molecule has 0 spiro atoms. The highest BCUT2D eigenvalue weighted by atomic mass is 16.5.